The number of thiocarbonyl (C=S) groups is 1. The van der Waals surface area contributed by atoms with Crippen LogP contribution in [0, 0.1) is 0 Å². The molecule has 0 saturated carbocycles. The van der Waals surface area contributed by atoms with E-state index in [1.54, 1.807) is 24.0 Å². The minimum absolute atomic E-state index is 0.178. The van der Waals surface area contributed by atoms with Crippen LogP contribution < -0.4 is 5.73 Å². The minimum atomic E-state index is -0.797. The summed E-state index contributed by atoms with van der Waals surface area (Å²) in [7, 11) is 0. The first-order valence-electron chi connectivity index (χ1n) is 5.66. The van der Waals surface area contributed by atoms with Gasteiger partial charge in [-0.15, -0.1) is 0 Å². The van der Waals surface area contributed by atoms with E-state index in [-0.39, 0.29) is 10.9 Å². The number of carbonyl (C=O) groups is 1. The van der Waals surface area contributed by atoms with E-state index >= 15 is 0 Å². The number of pyridine rings is 1. The van der Waals surface area contributed by atoms with Crippen molar-refractivity contribution in [2.24, 2.45) is 5.73 Å². The van der Waals surface area contributed by atoms with Crippen molar-refractivity contribution in [2.75, 3.05) is 13.1 Å². The van der Waals surface area contributed by atoms with E-state index in [0.717, 1.165) is 0 Å². The smallest absolute Gasteiger partial charge is 0.272 e. The van der Waals surface area contributed by atoms with Crippen molar-refractivity contribution in [1.29, 1.82) is 0 Å². The van der Waals surface area contributed by atoms with Crippen molar-refractivity contribution < 1.29 is 9.90 Å². The van der Waals surface area contributed by atoms with Gasteiger partial charge >= 0.3 is 0 Å². The summed E-state index contributed by atoms with van der Waals surface area (Å²) in [6.07, 6.45) is 2.08. The van der Waals surface area contributed by atoms with Crippen molar-refractivity contribution >= 4 is 23.1 Å². The van der Waals surface area contributed by atoms with E-state index in [1.165, 1.54) is 6.20 Å². The summed E-state index contributed by atoms with van der Waals surface area (Å²) in [6, 6.07) is 3.28. The Kier molecular flexibility index (Phi) is 3.32. The van der Waals surface area contributed by atoms with Gasteiger partial charge in [-0.2, -0.15) is 0 Å². The summed E-state index contributed by atoms with van der Waals surface area (Å²) in [5, 5.41) is 9.83. The second kappa shape index (κ2) is 4.62. The van der Waals surface area contributed by atoms with E-state index in [9.17, 15) is 9.90 Å². The molecule has 1 saturated heterocycles. The highest BCUT2D eigenvalue weighted by atomic mass is 32.1. The second-order valence-corrected chi connectivity index (χ2v) is 5.21. The average molecular weight is 265 g/mol. The molecule has 2 rings (SSSR count). The van der Waals surface area contributed by atoms with E-state index in [4.69, 9.17) is 18.0 Å². The fourth-order valence-corrected chi connectivity index (χ4v) is 2.07. The highest BCUT2D eigenvalue weighted by Crippen LogP contribution is 2.21. The molecule has 1 aromatic heterocycles. The molecule has 2 heterocycles. The number of β-amino-alcohol motifs (C(OH)–C–C–N with tert-alkyl or cyclic N) is 1. The lowest BCUT2D eigenvalue weighted by Crippen LogP contribution is -2.34. The van der Waals surface area contributed by atoms with Gasteiger partial charge < -0.3 is 15.7 Å². The number of nitrogens with two attached hydrogens (primary N) is 1. The van der Waals surface area contributed by atoms with Gasteiger partial charge in [-0.05, 0) is 25.5 Å². The average Bonchev–Trinajstić information content (AvgIpc) is 2.69. The molecular weight excluding hydrogens is 250 g/mol. The van der Waals surface area contributed by atoms with Gasteiger partial charge in [0.15, 0.2) is 0 Å². The molecule has 1 aliphatic rings. The maximum atomic E-state index is 12.1. The Morgan fingerprint density at radius 1 is 1.61 bits per heavy atom. The zero-order valence-corrected chi connectivity index (χ0v) is 10.9. The van der Waals surface area contributed by atoms with Gasteiger partial charge in [-0.1, -0.05) is 12.2 Å². The first-order valence-corrected chi connectivity index (χ1v) is 6.07. The fraction of sp³-hybridized carbons (Fsp3) is 0.417. The molecule has 3 N–H and O–H groups in total. The fourth-order valence-electron chi connectivity index (χ4n) is 1.95. The summed E-state index contributed by atoms with van der Waals surface area (Å²) < 4.78 is 0. The molecule has 0 bridgehead atoms. The van der Waals surface area contributed by atoms with E-state index < -0.39 is 5.60 Å². The molecule has 0 spiro atoms. The van der Waals surface area contributed by atoms with Gasteiger partial charge in [0.2, 0.25) is 0 Å². The lowest BCUT2D eigenvalue weighted by atomic mass is 10.1. The normalized spacial score (nSPS) is 23.1. The molecule has 6 heteroatoms. The monoisotopic (exact) mass is 265 g/mol. The van der Waals surface area contributed by atoms with Crippen LogP contribution in [0.3, 0.4) is 0 Å². The predicted molar refractivity (Wildman–Crippen MR) is 71.3 cm³/mol. The van der Waals surface area contributed by atoms with Crippen molar-refractivity contribution in [3.63, 3.8) is 0 Å². The number of carbonyl (C=O) groups excluding carboxylic acids is 1. The lowest BCUT2D eigenvalue weighted by molar-refractivity contribution is 0.0569. The summed E-state index contributed by atoms with van der Waals surface area (Å²) in [4.78, 5) is 18.0. The standard InChI is InChI=1S/C12H15N3O2S/c1-12(17)4-5-15(7-12)11(16)9-3-2-8(6-14-9)10(13)18/h2-3,6,17H,4-5,7H2,1H3,(H2,13,18). The Morgan fingerprint density at radius 3 is 2.78 bits per heavy atom. The summed E-state index contributed by atoms with van der Waals surface area (Å²) in [6.45, 7) is 2.61. The molecule has 1 unspecified atom stereocenters. The Labute approximate surface area is 111 Å². The molecule has 0 aromatic carbocycles. The number of nitrogens with zero attached hydrogens (tertiary/aromatic N) is 2. The third-order valence-corrected chi connectivity index (χ3v) is 3.24. The molecule has 1 aliphatic heterocycles. The van der Waals surface area contributed by atoms with Crippen LogP contribution in [0.25, 0.3) is 0 Å². The molecule has 1 aromatic rings. The van der Waals surface area contributed by atoms with Crippen LogP contribution in [0.1, 0.15) is 29.4 Å². The van der Waals surface area contributed by atoms with Gasteiger partial charge in [-0.3, -0.25) is 9.78 Å². The van der Waals surface area contributed by atoms with Crippen LogP contribution in [0.15, 0.2) is 18.3 Å². The second-order valence-electron chi connectivity index (χ2n) is 4.77. The Bertz CT molecular complexity index is 485. The quantitative estimate of drug-likeness (QED) is 0.753. The molecule has 5 nitrogen and oxygen atoms in total. The zero-order valence-electron chi connectivity index (χ0n) is 10.1. The number of hydrogen-bond acceptors (Lipinski definition) is 4. The van der Waals surface area contributed by atoms with Gasteiger partial charge in [0.1, 0.15) is 10.7 Å². The third-order valence-electron chi connectivity index (χ3n) is 3.01. The van der Waals surface area contributed by atoms with E-state index in [1.807, 2.05) is 0 Å². The van der Waals surface area contributed by atoms with Crippen LogP contribution in [0.2, 0.25) is 0 Å². The van der Waals surface area contributed by atoms with Crippen molar-refractivity contribution in [3.8, 4) is 0 Å². The Balaban J connectivity index is 2.12. The Hall–Kier alpha value is -1.53. The first-order chi connectivity index (χ1) is 8.39. The van der Waals surface area contributed by atoms with Crippen LogP contribution >= 0.6 is 12.2 Å². The molecule has 0 aliphatic carbocycles. The summed E-state index contributed by atoms with van der Waals surface area (Å²) in [5.41, 5.74) is 5.64. The molecule has 18 heavy (non-hydrogen) atoms. The number of likely N-dealkylation sites (tertiary alicyclic amines) is 1. The lowest BCUT2D eigenvalue weighted by Gasteiger charge is -2.18. The summed E-state index contributed by atoms with van der Waals surface area (Å²) in [5.74, 6) is -0.178. The van der Waals surface area contributed by atoms with Gasteiger partial charge in [0.25, 0.3) is 5.91 Å². The van der Waals surface area contributed by atoms with Crippen LogP contribution in [-0.2, 0) is 0 Å². The maximum absolute atomic E-state index is 12.1. The number of hydrogen-bond donors (Lipinski definition) is 2. The maximum Gasteiger partial charge on any atom is 0.272 e. The van der Waals surface area contributed by atoms with Crippen LogP contribution in [0.4, 0.5) is 0 Å². The SMILES string of the molecule is CC1(O)CCN(C(=O)c2ccc(C(N)=S)cn2)C1. The number of amides is 1. The van der Waals surface area contributed by atoms with Gasteiger partial charge in [-0.25, -0.2) is 0 Å². The highest BCUT2D eigenvalue weighted by molar-refractivity contribution is 7.80. The van der Waals surface area contributed by atoms with E-state index in [2.05, 4.69) is 4.98 Å². The zero-order chi connectivity index (χ0) is 13.3. The number of aromatic nitrogens is 1. The van der Waals surface area contributed by atoms with Gasteiger partial charge in [0, 0.05) is 24.8 Å². The summed E-state index contributed by atoms with van der Waals surface area (Å²) >= 11 is 4.82. The number of rotatable bonds is 2. The van der Waals surface area contributed by atoms with Crippen molar-refractivity contribution in [1.82, 2.24) is 9.88 Å². The van der Waals surface area contributed by atoms with Gasteiger partial charge in [0.05, 0.1) is 5.60 Å². The first kappa shape index (κ1) is 12.9. The third kappa shape index (κ3) is 2.65. The molecule has 0 radical (unpaired) electrons. The van der Waals surface area contributed by atoms with Crippen LogP contribution in [0.5, 0.6) is 0 Å². The minimum Gasteiger partial charge on any atom is -0.389 e. The number of aliphatic hydroxyl groups is 1. The van der Waals surface area contributed by atoms with Crippen molar-refractivity contribution in [3.05, 3.63) is 29.6 Å². The predicted octanol–water partition coefficient (Wildman–Crippen LogP) is 0.313. The molecule has 1 atom stereocenters. The van der Waals surface area contributed by atoms with Crippen molar-refractivity contribution in [2.45, 2.75) is 18.9 Å². The van der Waals surface area contributed by atoms with Crippen LogP contribution in [-0.4, -0.2) is 44.6 Å². The Morgan fingerprint density at radius 2 is 2.33 bits per heavy atom. The largest absolute Gasteiger partial charge is 0.389 e. The topological polar surface area (TPSA) is 79.5 Å². The highest BCUT2D eigenvalue weighted by Gasteiger charge is 2.34. The van der Waals surface area contributed by atoms with E-state index in [0.29, 0.717) is 30.8 Å². The molecule has 1 fully saturated rings. The molecular formula is C12H15N3O2S. The molecule has 1 amide bonds. The molecule has 96 valence electrons.